The molecule has 114 valence electrons. The van der Waals surface area contributed by atoms with Crippen LogP contribution in [0.1, 0.15) is 40.0 Å². The molecule has 0 radical (unpaired) electrons. The summed E-state index contributed by atoms with van der Waals surface area (Å²) in [6.45, 7) is 6.71. The van der Waals surface area contributed by atoms with Gasteiger partial charge in [0, 0.05) is 24.7 Å². The molecule has 6 heteroatoms. The molecule has 2 fully saturated rings. The maximum absolute atomic E-state index is 11.7. The second kappa shape index (κ2) is 5.63. The predicted octanol–water partition coefficient (Wildman–Crippen LogP) is 0.918. The van der Waals surface area contributed by atoms with E-state index in [2.05, 4.69) is 30.1 Å². The summed E-state index contributed by atoms with van der Waals surface area (Å²) in [6, 6.07) is 3.13. The number of sulfone groups is 1. The summed E-state index contributed by atoms with van der Waals surface area (Å²) in [5, 5.41) is 12.9. The maximum atomic E-state index is 11.7. The van der Waals surface area contributed by atoms with E-state index in [0.29, 0.717) is 12.6 Å². The molecule has 1 heterocycles. The van der Waals surface area contributed by atoms with Crippen molar-refractivity contribution in [3.05, 3.63) is 0 Å². The van der Waals surface area contributed by atoms with Crippen molar-refractivity contribution in [1.82, 2.24) is 10.2 Å². The van der Waals surface area contributed by atoms with Crippen molar-refractivity contribution in [2.24, 2.45) is 0 Å². The standard InChI is InChI=1S/C14H25N3O2S/c1-11(2)16-14(10-15)5-4-13(8-14)17-6-7-20(18,19)9-12(17)3/h11-13,16H,4-9H2,1-3H3. The maximum Gasteiger partial charge on any atom is 0.153 e. The number of nitrogens with zero attached hydrogens (tertiary/aromatic N) is 2. The molecule has 1 saturated heterocycles. The van der Waals surface area contributed by atoms with Crippen molar-refractivity contribution in [2.45, 2.75) is 63.7 Å². The average molecular weight is 299 g/mol. The van der Waals surface area contributed by atoms with Crippen LogP contribution in [0.2, 0.25) is 0 Å². The molecule has 0 amide bonds. The molecule has 0 aromatic heterocycles. The monoisotopic (exact) mass is 299 g/mol. The van der Waals surface area contributed by atoms with Crippen LogP contribution >= 0.6 is 0 Å². The summed E-state index contributed by atoms with van der Waals surface area (Å²) in [5.74, 6) is 0.506. The van der Waals surface area contributed by atoms with Crippen LogP contribution in [-0.2, 0) is 9.84 Å². The molecule has 2 aliphatic rings. The van der Waals surface area contributed by atoms with Crippen LogP contribution < -0.4 is 5.32 Å². The number of rotatable bonds is 3. The Morgan fingerprint density at radius 1 is 1.45 bits per heavy atom. The van der Waals surface area contributed by atoms with E-state index in [1.165, 1.54) is 0 Å². The van der Waals surface area contributed by atoms with Gasteiger partial charge in [0.15, 0.2) is 9.84 Å². The lowest BCUT2D eigenvalue weighted by atomic mass is 9.98. The lowest BCUT2D eigenvalue weighted by molar-refractivity contribution is 0.154. The van der Waals surface area contributed by atoms with Gasteiger partial charge in [0.1, 0.15) is 5.54 Å². The van der Waals surface area contributed by atoms with E-state index in [-0.39, 0.29) is 23.6 Å². The molecule has 3 atom stereocenters. The second-order valence-electron chi connectivity index (χ2n) is 6.59. The van der Waals surface area contributed by atoms with Gasteiger partial charge in [-0.3, -0.25) is 10.2 Å². The second-order valence-corrected chi connectivity index (χ2v) is 8.82. The Labute approximate surface area is 122 Å². The van der Waals surface area contributed by atoms with Crippen LogP contribution in [0, 0.1) is 11.3 Å². The smallest absolute Gasteiger partial charge is 0.153 e. The number of nitriles is 1. The van der Waals surface area contributed by atoms with Gasteiger partial charge in [-0.1, -0.05) is 0 Å². The molecule has 0 aromatic rings. The lowest BCUT2D eigenvalue weighted by Gasteiger charge is -2.38. The third-order valence-electron chi connectivity index (χ3n) is 4.46. The lowest BCUT2D eigenvalue weighted by Crippen LogP contribution is -2.52. The molecule has 20 heavy (non-hydrogen) atoms. The molecule has 2 rings (SSSR count). The third-order valence-corrected chi connectivity index (χ3v) is 6.25. The number of hydrogen-bond donors (Lipinski definition) is 1. The van der Waals surface area contributed by atoms with Gasteiger partial charge < -0.3 is 0 Å². The molecule has 1 saturated carbocycles. The van der Waals surface area contributed by atoms with Crippen molar-refractivity contribution >= 4 is 9.84 Å². The largest absolute Gasteiger partial charge is 0.297 e. The molecule has 0 bridgehead atoms. The van der Waals surface area contributed by atoms with Gasteiger partial charge >= 0.3 is 0 Å². The van der Waals surface area contributed by atoms with Crippen LogP contribution in [-0.4, -0.2) is 55.0 Å². The summed E-state index contributed by atoms with van der Waals surface area (Å²) < 4.78 is 23.3. The summed E-state index contributed by atoms with van der Waals surface area (Å²) in [7, 11) is -2.87. The van der Waals surface area contributed by atoms with Crippen molar-refractivity contribution in [3.8, 4) is 6.07 Å². The molecule has 5 nitrogen and oxygen atoms in total. The normalized spacial score (nSPS) is 38.0. The minimum atomic E-state index is -2.87. The quantitative estimate of drug-likeness (QED) is 0.839. The molecule has 3 unspecified atom stereocenters. The molecular formula is C14H25N3O2S. The molecule has 1 aliphatic carbocycles. The Morgan fingerprint density at radius 3 is 2.70 bits per heavy atom. The first-order valence-electron chi connectivity index (χ1n) is 7.42. The summed E-state index contributed by atoms with van der Waals surface area (Å²) in [5.41, 5.74) is -0.436. The van der Waals surface area contributed by atoms with E-state index in [1.54, 1.807) is 0 Å². The van der Waals surface area contributed by atoms with Crippen LogP contribution in [0.4, 0.5) is 0 Å². The summed E-state index contributed by atoms with van der Waals surface area (Å²) in [4.78, 5) is 2.29. The van der Waals surface area contributed by atoms with Crippen molar-refractivity contribution in [2.75, 3.05) is 18.1 Å². The fourth-order valence-corrected chi connectivity index (χ4v) is 5.26. The Hall–Kier alpha value is -0.640. The Bertz CT molecular complexity index is 497. The Morgan fingerprint density at radius 2 is 2.15 bits per heavy atom. The minimum Gasteiger partial charge on any atom is -0.297 e. The van der Waals surface area contributed by atoms with E-state index >= 15 is 0 Å². The summed E-state index contributed by atoms with van der Waals surface area (Å²) in [6.07, 6.45) is 2.62. The SMILES string of the molecule is CC(C)NC1(C#N)CCC(N2CCS(=O)(=O)CC2C)C1. The van der Waals surface area contributed by atoms with Crippen LogP contribution in [0.5, 0.6) is 0 Å². The molecular weight excluding hydrogens is 274 g/mol. The van der Waals surface area contributed by atoms with Gasteiger partial charge in [-0.2, -0.15) is 5.26 Å². The van der Waals surface area contributed by atoms with Crippen LogP contribution in [0.3, 0.4) is 0 Å². The topological polar surface area (TPSA) is 73.2 Å². The van der Waals surface area contributed by atoms with Gasteiger partial charge in [0.2, 0.25) is 0 Å². The van der Waals surface area contributed by atoms with Gasteiger partial charge in [-0.05, 0) is 40.0 Å². The van der Waals surface area contributed by atoms with E-state index in [1.807, 2.05) is 6.92 Å². The zero-order valence-corrected chi connectivity index (χ0v) is 13.4. The molecule has 1 aliphatic heterocycles. The van der Waals surface area contributed by atoms with Crippen molar-refractivity contribution in [3.63, 3.8) is 0 Å². The highest BCUT2D eigenvalue weighted by atomic mass is 32.2. The van der Waals surface area contributed by atoms with E-state index in [4.69, 9.17) is 0 Å². The van der Waals surface area contributed by atoms with Gasteiger partial charge in [-0.25, -0.2) is 8.42 Å². The molecule has 0 spiro atoms. The van der Waals surface area contributed by atoms with Crippen molar-refractivity contribution in [1.29, 1.82) is 5.26 Å². The highest BCUT2D eigenvalue weighted by molar-refractivity contribution is 7.91. The van der Waals surface area contributed by atoms with E-state index in [9.17, 15) is 13.7 Å². The zero-order valence-electron chi connectivity index (χ0n) is 12.6. The Balaban J connectivity index is 2.04. The van der Waals surface area contributed by atoms with Gasteiger partial charge in [0.05, 0.1) is 17.6 Å². The predicted molar refractivity (Wildman–Crippen MR) is 79.1 cm³/mol. The van der Waals surface area contributed by atoms with Gasteiger partial charge in [0.25, 0.3) is 0 Å². The zero-order chi connectivity index (χ0) is 15.0. The fraction of sp³-hybridized carbons (Fsp3) is 0.929. The first-order chi connectivity index (χ1) is 9.27. The first kappa shape index (κ1) is 15.7. The van der Waals surface area contributed by atoms with Crippen LogP contribution in [0.25, 0.3) is 0 Å². The van der Waals surface area contributed by atoms with Crippen molar-refractivity contribution < 1.29 is 8.42 Å². The minimum absolute atomic E-state index is 0.0623. The van der Waals surface area contributed by atoms with Gasteiger partial charge in [-0.15, -0.1) is 0 Å². The van der Waals surface area contributed by atoms with E-state index < -0.39 is 15.4 Å². The number of nitrogens with one attached hydrogen (secondary N) is 1. The van der Waals surface area contributed by atoms with E-state index in [0.717, 1.165) is 19.3 Å². The highest BCUT2D eigenvalue weighted by Gasteiger charge is 2.44. The highest BCUT2D eigenvalue weighted by Crippen LogP contribution is 2.35. The summed E-state index contributed by atoms with van der Waals surface area (Å²) >= 11 is 0. The molecule has 0 aromatic carbocycles. The average Bonchev–Trinajstić information content (AvgIpc) is 2.71. The van der Waals surface area contributed by atoms with Crippen LogP contribution in [0.15, 0.2) is 0 Å². The number of hydrogen-bond acceptors (Lipinski definition) is 5. The Kier molecular flexibility index (Phi) is 4.43. The first-order valence-corrected chi connectivity index (χ1v) is 9.24. The third kappa shape index (κ3) is 3.33. The molecule has 1 N–H and O–H groups in total. The fourth-order valence-electron chi connectivity index (χ4n) is 3.67.